The minimum atomic E-state index is -1.41. The van der Waals surface area contributed by atoms with E-state index in [0.717, 1.165) is 45.9 Å². The summed E-state index contributed by atoms with van der Waals surface area (Å²) in [7, 11) is 0. The summed E-state index contributed by atoms with van der Waals surface area (Å²) in [6.07, 6.45) is -14.4. The van der Waals surface area contributed by atoms with Gasteiger partial charge in [-0.05, 0) is 146 Å². The van der Waals surface area contributed by atoms with Crippen LogP contribution in [0.5, 0.6) is 0 Å². The fourth-order valence-corrected chi connectivity index (χ4v) is 9.73. The molecule has 4 saturated carbocycles. The highest BCUT2D eigenvalue weighted by Crippen LogP contribution is 2.47. The number of fused-ring (bicyclic) bond motifs is 3. The molecule has 2 heterocycles. The lowest BCUT2D eigenvalue weighted by Crippen LogP contribution is -2.61. The van der Waals surface area contributed by atoms with Gasteiger partial charge in [0.15, 0.2) is 0 Å². The molecule has 55 heavy (non-hydrogen) atoms. The predicted molar refractivity (Wildman–Crippen MR) is 227 cm³/mol. The average Bonchev–Trinajstić information content (AvgIpc) is 3.74. The Hall–Kier alpha value is -3.44. The molecule has 1 saturated heterocycles. The molecule has 4 nitrogen and oxygen atoms in total. The van der Waals surface area contributed by atoms with Gasteiger partial charge < -0.3 is 4.42 Å². The van der Waals surface area contributed by atoms with Gasteiger partial charge in [-0.2, -0.15) is 0 Å². The number of hydrogen-bond acceptors (Lipinski definition) is 4. The molecule has 1 aliphatic heterocycles. The zero-order valence-electron chi connectivity index (χ0n) is 44.3. The van der Waals surface area contributed by atoms with Crippen LogP contribution in [0.3, 0.4) is 0 Å². The van der Waals surface area contributed by atoms with Crippen molar-refractivity contribution in [2.24, 2.45) is 29.6 Å². The van der Waals surface area contributed by atoms with Crippen LogP contribution in [0.1, 0.15) is 173 Å². The first kappa shape index (κ1) is 24.4. The minimum absolute atomic E-state index is 0.441. The highest BCUT2D eigenvalue weighted by molar-refractivity contribution is 6.05. The molecular formula is C51H63N3O. The summed E-state index contributed by atoms with van der Waals surface area (Å²) in [6.45, 7) is 0. The van der Waals surface area contributed by atoms with Crippen LogP contribution in [-0.4, -0.2) is 6.17 Å². The lowest BCUT2D eigenvalue weighted by atomic mass is 9.65. The zero-order valence-corrected chi connectivity index (χ0v) is 31.3. The van der Waals surface area contributed by atoms with E-state index in [9.17, 15) is 11.0 Å². The van der Waals surface area contributed by atoms with Crippen molar-refractivity contribution >= 4 is 21.9 Å². The Morgan fingerprint density at radius 2 is 0.945 bits per heavy atom. The van der Waals surface area contributed by atoms with Gasteiger partial charge in [0.25, 0.3) is 0 Å². The largest absolute Gasteiger partial charge is 0.456 e. The first-order valence-corrected chi connectivity index (χ1v) is 20.5. The van der Waals surface area contributed by atoms with Gasteiger partial charge in [0.1, 0.15) is 11.2 Å². The maximum absolute atomic E-state index is 9.61. The van der Waals surface area contributed by atoms with Crippen molar-refractivity contribution < 1.29 is 22.2 Å². The molecule has 3 N–H and O–H groups in total. The maximum atomic E-state index is 9.61. The molecule has 10 rings (SSSR count). The molecule has 5 fully saturated rings. The molecule has 0 spiro atoms. The molecule has 17 atom stereocenters. The van der Waals surface area contributed by atoms with E-state index in [4.69, 9.17) is 11.3 Å². The van der Waals surface area contributed by atoms with Crippen LogP contribution >= 0.6 is 0 Å². The first-order valence-electron chi connectivity index (χ1n) is 28.0. The third kappa shape index (κ3) is 7.68. The van der Waals surface area contributed by atoms with E-state index in [0.29, 0.717) is 11.8 Å². The summed E-state index contributed by atoms with van der Waals surface area (Å²) in [5.41, 5.74) is 6.05. The van der Waals surface area contributed by atoms with E-state index in [1.54, 1.807) is 0 Å². The molecule has 17 unspecified atom stereocenters. The Kier molecular flexibility index (Phi) is 7.17. The van der Waals surface area contributed by atoms with Crippen molar-refractivity contribution in [3.63, 3.8) is 0 Å². The zero-order chi connectivity index (χ0) is 47.9. The van der Waals surface area contributed by atoms with Crippen LogP contribution in [0, 0.1) is 29.6 Å². The Morgan fingerprint density at radius 1 is 0.455 bits per heavy atom. The van der Waals surface area contributed by atoms with Gasteiger partial charge >= 0.3 is 0 Å². The fourth-order valence-electron chi connectivity index (χ4n) is 9.73. The molecule has 5 aliphatic rings. The molecule has 4 aliphatic carbocycles. The third-order valence-electron chi connectivity index (χ3n) is 12.8. The number of furan rings is 1. The van der Waals surface area contributed by atoms with E-state index in [2.05, 4.69) is 70.5 Å². The lowest BCUT2D eigenvalue weighted by Gasteiger charge is -2.45. The quantitative estimate of drug-likeness (QED) is 0.155. The van der Waals surface area contributed by atoms with Crippen LogP contribution in [0.25, 0.3) is 21.9 Å². The molecule has 288 valence electrons. The van der Waals surface area contributed by atoms with Gasteiger partial charge in [-0.3, -0.25) is 16.0 Å². The Morgan fingerprint density at radius 3 is 1.56 bits per heavy atom. The lowest BCUT2D eigenvalue weighted by molar-refractivity contribution is 0.0827. The second-order valence-corrected chi connectivity index (χ2v) is 16.2. The smallest absolute Gasteiger partial charge is 0.135 e. The topological polar surface area (TPSA) is 49.2 Å². The summed E-state index contributed by atoms with van der Waals surface area (Å²) >= 11 is 0. The van der Waals surface area contributed by atoms with Crippen LogP contribution in [-0.2, 0) is 0 Å². The minimum Gasteiger partial charge on any atom is -0.456 e. The fraction of sp³-hybridized carbons (Fsp3) is 0.529. The molecule has 0 amide bonds. The van der Waals surface area contributed by atoms with Crippen LogP contribution in [0.15, 0.2) is 101 Å². The first-order chi connectivity index (χ1) is 32.6. The molecule has 0 bridgehead atoms. The number of benzene rings is 4. The van der Waals surface area contributed by atoms with Crippen molar-refractivity contribution in [2.45, 2.75) is 139 Å². The van der Waals surface area contributed by atoms with Crippen molar-refractivity contribution in [3.05, 3.63) is 119 Å². The Labute approximate surface area is 347 Å². The molecule has 4 heteroatoms. The number of nitrogens with one attached hydrogen (secondary N) is 3. The number of hydrogen-bond donors (Lipinski definition) is 3. The summed E-state index contributed by atoms with van der Waals surface area (Å²) < 4.78 is 125. The standard InChI is InChI=1S/C51H63N3O/c1-4-11-34(12-5-1)36-19-21-37(22-20-36)38-23-25-40(26-24-38)50-52-49(39-15-8-3-9-16-39)53-51(54-50)44-28-30-46-45-29-27-43(32-47(45)55-48(46)33-44)42-18-10-17-41(31-42)35-13-6-2-7-14-35/h2-3,6-9,13-16,27-30,32-34,36-38,40-42,49-54H,1,4-5,10-12,17-26,31H2/i1D,4D,5D,11D,12D,19D,20D,21D,22D,23D,24D,25D,26D. The summed E-state index contributed by atoms with van der Waals surface area (Å²) in [5, 5.41) is 12.9. The Bertz CT molecular complexity index is 2480. The summed E-state index contributed by atoms with van der Waals surface area (Å²) in [4.78, 5) is 0. The molecular weight excluding hydrogens is 671 g/mol. The van der Waals surface area contributed by atoms with Crippen molar-refractivity contribution in [2.75, 3.05) is 0 Å². The van der Waals surface area contributed by atoms with Gasteiger partial charge in [-0.25, -0.2) is 0 Å². The summed E-state index contributed by atoms with van der Waals surface area (Å²) in [5.74, 6) is -4.50. The maximum Gasteiger partial charge on any atom is 0.135 e. The average molecular weight is 747 g/mol. The second-order valence-electron chi connectivity index (χ2n) is 16.2. The summed E-state index contributed by atoms with van der Waals surface area (Å²) in [6, 6.07) is 33.4. The van der Waals surface area contributed by atoms with Gasteiger partial charge in [-0.15, -0.1) is 0 Å². The van der Waals surface area contributed by atoms with Crippen molar-refractivity contribution in [3.8, 4) is 0 Å². The predicted octanol–water partition coefficient (Wildman–Crippen LogP) is 13.0. The highest BCUT2D eigenvalue weighted by atomic mass is 16.3. The van der Waals surface area contributed by atoms with Gasteiger partial charge in [-0.1, -0.05) is 123 Å². The van der Waals surface area contributed by atoms with Crippen LogP contribution < -0.4 is 16.0 Å². The molecule has 1 aromatic heterocycles. The normalized spacial score (nSPS) is 54.3. The van der Waals surface area contributed by atoms with Crippen molar-refractivity contribution in [1.82, 2.24) is 16.0 Å². The van der Waals surface area contributed by atoms with Crippen LogP contribution in [0.2, 0.25) is 0 Å². The van der Waals surface area contributed by atoms with Gasteiger partial charge in [0.05, 0.1) is 18.5 Å². The van der Waals surface area contributed by atoms with E-state index < -0.39 is 131 Å². The van der Waals surface area contributed by atoms with E-state index in [1.165, 1.54) is 24.0 Å². The van der Waals surface area contributed by atoms with Gasteiger partial charge in [0, 0.05) is 28.6 Å². The van der Waals surface area contributed by atoms with Crippen molar-refractivity contribution in [1.29, 1.82) is 0 Å². The second kappa shape index (κ2) is 16.2. The van der Waals surface area contributed by atoms with E-state index in [1.807, 2.05) is 42.5 Å². The van der Waals surface area contributed by atoms with E-state index in [-0.39, 0.29) is 0 Å². The monoisotopic (exact) mass is 747 g/mol. The highest BCUT2D eigenvalue weighted by Gasteiger charge is 2.38. The van der Waals surface area contributed by atoms with E-state index >= 15 is 0 Å². The van der Waals surface area contributed by atoms with Crippen LogP contribution in [0.4, 0.5) is 0 Å². The van der Waals surface area contributed by atoms with Gasteiger partial charge in [0.2, 0.25) is 0 Å². The SMILES string of the molecule is [2H]C1C([2H])C([2H])C(C2C([2H])C([2H])C(C3C([2H])C([2H])C(C4NC(c5ccccc5)NC(c5ccc6c(c5)oc5cc(C7CCCC(c8ccccc8)C7)ccc56)N4)C([2H])C3[2H])C([2H])C2[2H])C([2H])C1[2H]. The molecule has 0 radical (unpaired) electrons. The Balaban J connectivity index is 0.903. The molecule has 4 aromatic carbocycles. The third-order valence-corrected chi connectivity index (χ3v) is 12.8. The molecule has 5 aromatic rings. The number of rotatable bonds is 7.